The molecule has 1 aliphatic rings. The fourth-order valence-electron chi connectivity index (χ4n) is 2.28. The zero-order valence-corrected chi connectivity index (χ0v) is 11.7. The molecule has 108 valence electrons. The first-order chi connectivity index (χ1) is 10.2. The van der Waals surface area contributed by atoms with E-state index in [0.717, 1.165) is 5.56 Å². The normalized spacial score (nSPS) is 16.5. The number of hydrogen-bond acceptors (Lipinski definition) is 5. The van der Waals surface area contributed by atoms with Gasteiger partial charge in [-0.05, 0) is 29.8 Å². The van der Waals surface area contributed by atoms with Crippen molar-refractivity contribution in [2.45, 2.75) is 6.17 Å². The van der Waals surface area contributed by atoms with Crippen molar-refractivity contribution in [2.75, 3.05) is 19.5 Å². The summed E-state index contributed by atoms with van der Waals surface area (Å²) >= 11 is 0. The van der Waals surface area contributed by atoms with Crippen LogP contribution in [-0.2, 0) is 0 Å². The second-order valence-corrected chi connectivity index (χ2v) is 4.56. The lowest BCUT2D eigenvalue weighted by atomic mass is 10.1. The molecule has 1 aromatic heterocycles. The van der Waals surface area contributed by atoms with Gasteiger partial charge >= 0.3 is 0 Å². The van der Waals surface area contributed by atoms with Crippen LogP contribution in [0.15, 0.2) is 36.5 Å². The predicted octanol–water partition coefficient (Wildman–Crippen LogP) is 1.95. The summed E-state index contributed by atoms with van der Waals surface area (Å²) in [4.78, 5) is 16.3. The molecule has 1 atom stereocenters. The summed E-state index contributed by atoms with van der Waals surface area (Å²) in [5.41, 5.74) is 1.39. The molecule has 0 bridgehead atoms. The molecule has 2 N–H and O–H groups in total. The van der Waals surface area contributed by atoms with E-state index in [9.17, 15) is 4.79 Å². The Labute approximate surface area is 122 Å². The third-order valence-electron chi connectivity index (χ3n) is 3.35. The number of aromatic nitrogens is 1. The van der Waals surface area contributed by atoms with Gasteiger partial charge in [0.1, 0.15) is 12.0 Å². The highest BCUT2D eigenvalue weighted by Gasteiger charge is 2.25. The van der Waals surface area contributed by atoms with Crippen LogP contribution in [0.1, 0.15) is 22.1 Å². The van der Waals surface area contributed by atoms with Crippen molar-refractivity contribution in [2.24, 2.45) is 0 Å². The van der Waals surface area contributed by atoms with Gasteiger partial charge in [-0.1, -0.05) is 6.07 Å². The Balaban J connectivity index is 1.94. The van der Waals surface area contributed by atoms with Crippen molar-refractivity contribution in [3.05, 3.63) is 47.7 Å². The number of carbonyl (C=O) groups is 1. The van der Waals surface area contributed by atoms with E-state index in [0.29, 0.717) is 22.9 Å². The maximum absolute atomic E-state index is 12.1. The van der Waals surface area contributed by atoms with Crippen molar-refractivity contribution < 1.29 is 14.3 Å². The molecule has 2 heterocycles. The Morgan fingerprint density at radius 3 is 2.67 bits per heavy atom. The van der Waals surface area contributed by atoms with Gasteiger partial charge in [-0.25, -0.2) is 4.98 Å². The third-order valence-corrected chi connectivity index (χ3v) is 3.35. The minimum absolute atomic E-state index is 0.156. The lowest BCUT2D eigenvalue weighted by molar-refractivity contribution is 0.0935. The number of ether oxygens (including phenoxy) is 2. The lowest BCUT2D eigenvalue weighted by Crippen LogP contribution is -2.38. The van der Waals surface area contributed by atoms with Crippen LogP contribution in [0.5, 0.6) is 11.5 Å². The number of benzene rings is 1. The van der Waals surface area contributed by atoms with E-state index in [2.05, 4.69) is 15.6 Å². The quantitative estimate of drug-likeness (QED) is 0.902. The SMILES string of the molecule is COc1ccc([C@@H]2NC(=O)c3cccnc3N2)cc1OC. The fourth-order valence-corrected chi connectivity index (χ4v) is 2.28. The molecule has 1 amide bonds. The molecule has 1 aromatic carbocycles. The second kappa shape index (κ2) is 5.32. The highest BCUT2D eigenvalue weighted by Crippen LogP contribution is 2.32. The van der Waals surface area contributed by atoms with Crippen LogP contribution >= 0.6 is 0 Å². The van der Waals surface area contributed by atoms with Gasteiger partial charge in [-0.2, -0.15) is 0 Å². The van der Waals surface area contributed by atoms with Crippen LogP contribution in [0, 0.1) is 0 Å². The number of fused-ring (bicyclic) bond motifs is 1. The Kier molecular flexibility index (Phi) is 3.35. The average Bonchev–Trinajstić information content (AvgIpc) is 2.54. The lowest BCUT2D eigenvalue weighted by Gasteiger charge is -2.27. The van der Waals surface area contributed by atoms with Crippen LogP contribution < -0.4 is 20.1 Å². The van der Waals surface area contributed by atoms with Crippen molar-refractivity contribution in [1.82, 2.24) is 10.3 Å². The van der Waals surface area contributed by atoms with E-state index in [4.69, 9.17) is 9.47 Å². The molecule has 0 spiro atoms. The first kappa shape index (κ1) is 13.2. The Morgan fingerprint density at radius 2 is 1.90 bits per heavy atom. The number of amides is 1. The van der Waals surface area contributed by atoms with Gasteiger partial charge in [0.15, 0.2) is 11.5 Å². The maximum Gasteiger partial charge on any atom is 0.256 e. The number of nitrogens with one attached hydrogen (secondary N) is 2. The molecule has 6 heteroatoms. The van der Waals surface area contributed by atoms with E-state index in [1.807, 2.05) is 12.1 Å². The summed E-state index contributed by atoms with van der Waals surface area (Å²) in [6.07, 6.45) is 1.29. The fraction of sp³-hybridized carbons (Fsp3) is 0.200. The van der Waals surface area contributed by atoms with Gasteiger partial charge in [0, 0.05) is 6.20 Å². The van der Waals surface area contributed by atoms with Crippen LogP contribution in [0.4, 0.5) is 5.82 Å². The minimum Gasteiger partial charge on any atom is -0.493 e. The molecule has 0 unspecified atom stereocenters. The molecule has 0 fully saturated rings. The number of anilines is 1. The van der Waals surface area contributed by atoms with Crippen molar-refractivity contribution in [3.63, 3.8) is 0 Å². The molecule has 0 saturated carbocycles. The summed E-state index contributed by atoms with van der Waals surface area (Å²) in [5.74, 6) is 1.66. The van der Waals surface area contributed by atoms with E-state index in [-0.39, 0.29) is 12.1 Å². The summed E-state index contributed by atoms with van der Waals surface area (Å²) in [6.45, 7) is 0. The van der Waals surface area contributed by atoms with Crippen LogP contribution in [-0.4, -0.2) is 25.1 Å². The summed E-state index contributed by atoms with van der Waals surface area (Å²) in [7, 11) is 3.16. The van der Waals surface area contributed by atoms with Gasteiger partial charge in [0.2, 0.25) is 0 Å². The highest BCUT2D eigenvalue weighted by atomic mass is 16.5. The van der Waals surface area contributed by atoms with Crippen LogP contribution in [0.3, 0.4) is 0 Å². The molecule has 2 aromatic rings. The number of rotatable bonds is 3. The second-order valence-electron chi connectivity index (χ2n) is 4.56. The van der Waals surface area contributed by atoms with Gasteiger partial charge < -0.3 is 20.1 Å². The summed E-state index contributed by atoms with van der Waals surface area (Å²) in [6, 6.07) is 8.96. The van der Waals surface area contributed by atoms with Crippen LogP contribution in [0.2, 0.25) is 0 Å². The number of methoxy groups -OCH3 is 2. The first-order valence-corrected chi connectivity index (χ1v) is 6.47. The standard InChI is InChI=1S/C15H15N3O3/c1-20-11-6-5-9(8-12(11)21-2)13-17-14-10(15(19)18-13)4-3-7-16-14/h3-8,13H,1-2H3,(H,16,17)(H,18,19)/t13-/m0/s1. The molecule has 1 aliphatic heterocycles. The maximum atomic E-state index is 12.1. The Hall–Kier alpha value is -2.76. The number of carbonyl (C=O) groups excluding carboxylic acids is 1. The van der Waals surface area contributed by atoms with Gasteiger partial charge in [0.25, 0.3) is 5.91 Å². The largest absolute Gasteiger partial charge is 0.493 e. The Morgan fingerprint density at radius 1 is 1.10 bits per heavy atom. The van der Waals surface area contributed by atoms with Crippen LogP contribution in [0.25, 0.3) is 0 Å². The van der Waals surface area contributed by atoms with Gasteiger partial charge in [-0.3, -0.25) is 4.79 Å². The number of pyridine rings is 1. The number of nitrogens with zero attached hydrogens (tertiary/aromatic N) is 1. The third kappa shape index (κ3) is 2.35. The Bertz CT molecular complexity index is 688. The van der Waals surface area contributed by atoms with E-state index in [1.54, 1.807) is 38.6 Å². The summed E-state index contributed by atoms with van der Waals surface area (Å²) in [5, 5.41) is 6.08. The van der Waals surface area contributed by atoms with Crippen molar-refractivity contribution in [3.8, 4) is 11.5 Å². The number of hydrogen-bond donors (Lipinski definition) is 2. The molecular formula is C15H15N3O3. The zero-order chi connectivity index (χ0) is 14.8. The van der Waals surface area contributed by atoms with Gasteiger partial charge in [-0.15, -0.1) is 0 Å². The molecule has 0 saturated heterocycles. The zero-order valence-electron chi connectivity index (χ0n) is 11.7. The smallest absolute Gasteiger partial charge is 0.256 e. The molecular weight excluding hydrogens is 270 g/mol. The molecule has 0 aliphatic carbocycles. The first-order valence-electron chi connectivity index (χ1n) is 6.47. The predicted molar refractivity (Wildman–Crippen MR) is 77.6 cm³/mol. The average molecular weight is 285 g/mol. The highest BCUT2D eigenvalue weighted by molar-refractivity contribution is 6.00. The monoisotopic (exact) mass is 285 g/mol. The van der Waals surface area contributed by atoms with Gasteiger partial charge in [0.05, 0.1) is 19.8 Å². The molecule has 21 heavy (non-hydrogen) atoms. The molecule has 0 radical (unpaired) electrons. The summed E-state index contributed by atoms with van der Waals surface area (Å²) < 4.78 is 10.5. The van der Waals surface area contributed by atoms with E-state index < -0.39 is 0 Å². The molecule has 6 nitrogen and oxygen atoms in total. The van der Waals surface area contributed by atoms with Crippen molar-refractivity contribution >= 4 is 11.7 Å². The minimum atomic E-state index is -0.361. The molecule has 3 rings (SSSR count). The topological polar surface area (TPSA) is 72.5 Å². The van der Waals surface area contributed by atoms with Crippen molar-refractivity contribution in [1.29, 1.82) is 0 Å². The van der Waals surface area contributed by atoms with E-state index in [1.165, 1.54) is 0 Å². The van der Waals surface area contributed by atoms with E-state index >= 15 is 0 Å².